The van der Waals surface area contributed by atoms with E-state index in [9.17, 15) is 0 Å². The van der Waals surface area contributed by atoms with Gasteiger partial charge in [0.2, 0.25) is 0 Å². The normalized spacial score (nSPS) is 29.5. The van der Waals surface area contributed by atoms with Crippen LogP contribution in [0.1, 0.15) is 65.9 Å². The van der Waals surface area contributed by atoms with Crippen LogP contribution in [0.2, 0.25) is 18.1 Å². The van der Waals surface area contributed by atoms with Gasteiger partial charge >= 0.3 is 0 Å². The molecule has 2 unspecified atom stereocenters. The Morgan fingerprint density at radius 3 is 2.36 bits per heavy atom. The Morgan fingerprint density at radius 2 is 1.86 bits per heavy atom. The summed E-state index contributed by atoms with van der Waals surface area (Å²) in [6, 6.07) is 0.542. The summed E-state index contributed by atoms with van der Waals surface area (Å²) >= 11 is 2.33. The largest absolute Gasteiger partial charge is 0.406 e. The van der Waals surface area contributed by atoms with Gasteiger partial charge in [-0.25, -0.2) is 4.98 Å². The summed E-state index contributed by atoms with van der Waals surface area (Å²) < 4.78 is 10.3. The van der Waals surface area contributed by atoms with Crippen molar-refractivity contribution < 1.29 is 4.43 Å². The predicted molar refractivity (Wildman–Crippen MR) is 104 cm³/mol. The smallest absolute Gasteiger partial charge is 0.193 e. The highest BCUT2D eigenvalue weighted by molar-refractivity contribution is 14.1. The van der Waals surface area contributed by atoms with Crippen LogP contribution in [0.5, 0.6) is 0 Å². The molecule has 0 fully saturated rings. The van der Waals surface area contributed by atoms with Gasteiger partial charge in [0, 0.05) is 12.2 Å². The summed E-state index contributed by atoms with van der Waals surface area (Å²) in [7, 11) is -1.81. The molecule has 0 aliphatic carbocycles. The van der Waals surface area contributed by atoms with Gasteiger partial charge in [0.15, 0.2) is 8.32 Å². The van der Waals surface area contributed by atoms with E-state index in [1.807, 2.05) is 0 Å². The van der Waals surface area contributed by atoms with Gasteiger partial charge in [0.1, 0.15) is 15.6 Å². The minimum atomic E-state index is -1.81. The first-order valence-electron chi connectivity index (χ1n) is 8.41. The number of aromatic nitrogens is 2. The van der Waals surface area contributed by atoms with E-state index in [1.165, 1.54) is 0 Å². The van der Waals surface area contributed by atoms with Crippen LogP contribution in [0.4, 0.5) is 0 Å². The highest BCUT2D eigenvalue weighted by Crippen LogP contribution is 2.48. The molecule has 0 aromatic carbocycles. The van der Waals surface area contributed by atoms with Gasteiger partial charge in [0.05, 0.1) is 0 Å². The molecule has 0 bridgehead atoms. The second kappa shape index (κ2) is 6.20. The van der Waals surface area contributed by atoms with Crippen LogP contribution < -0.4 is 0 Å². The van der Waals surface area contributed by atoms with Gasteiger partial charge in [0.25, 0.3) is 0 Å². The zero-order valence-electron chi connectivity index (χ0n) is 15.3. The Hall–Kier alpha value is 0.117. The van der Waals surface area contributed by atoms with E-state index in [4.69, 9.17) is 9.41 Å². The zero-order valence-corrected chi connectivity index (χ0v) is 18.4. The molecule has 2 rings (SSSR count). The SMILES string of the molecule is CCC1[C@@H](C)[C@H](C)C(O[Si](C)(C)C(C)(C)C)c2nc(I)cn21. The molecule has 1 aromatic heterocycles. The number of nitrogens with zero attached hydrogens (tertiary/aromatic N) is 2. The lowest BCUT2D eigenvalue weighted by Crippen LogP contribution is -2.46. The first kappa shape index (κ1) is 18.5. The van der Waals surface area contributed by atoms with Crippen molar-refractivity contribution in [2.24, 2.45) is 11.8 Å². The average molecular weight is 434 g/mol. The molecule has 3 nitrogen and oxygen atoms in total. The van der Waals surface area contributed by atoms with E-state index in [-0.39, 0.29) is 11.1 Å². The van der Waals surface area contributed by atoms with Gasteiger partial charge in [-0.15, -0.1) is 0 Å². The fourth-order valence-electron chi connectivity index (χ4n) is 3.19. The van der Waals surface area contributed by atoms with Crippen LogP contribution in [0.15, 0.2) is 6.20 Å². The summed E-state index contributed by atoms with van der Waals surface area (Å²) in [5.41, 5.74) is 0. The standard InChI is InChI=1S/C17H31IN2OSi/c1-9-13-11(2)12(3)15(16-19-14(18)10-20(13)16)21-22(7,8)17(4,5)6/h10-13,15H,9H2,1-8H3/t11-,12-,13?,15?/m0/s1. The molecule has 1 aliphatic rings. The van der Waals surface area contributed by atoms with Gasteiger partial charge < -0.3 is 8.99 Å². The van der Waals surface area contributed by atoms with Gasteiger partial charge in [-0.3, -0.25) is 0 Å². The second-order valence-electron chi connectivity index (χ2n) is 8.32. The van der Waals surface area contributed by atoms with Gasteiger partial charge in [-0.1, -0.05) is 41.5 Å². The van der Waals surface area contributed by atoms with E-state index < -0.39 is 8.32 Å². The third kappa shape index (κ3) is 3.18. The number of hydrogen-bond acceptors (Lipinski definition) is 2. The number of halogens is 1. The minimum absolute atomic E-state index is 0.127. The molecular formula is C17H31IN2OSi. The quantitative estimate of drug-likeness (QED) is 0.445. The van der Waals surface area contributed by atoms with E-state index in [2.05, 4.69) is 88.0 Å². The maximum absolute atomic E-state index is 6.81. The number of rotatable bonds is 3. The van der Waals surface area contributed by atoms with Crippen molar-refractivity contribution in [1.82, 2.24) is 9.55 Å². The predicted octanol–water partition coefficient (Wildman–Crippen LogP) is 5.79. The van der Waals surface area contributed by atoms with Crippen LogP contribution in [0, 0.1) is 15.5 Å². The second-order valence-corrected chi connectivity index (χ2v) is 14.2. The average Bonchev–Trinajstić information content (AvgIpc) is 2.75. The van der Waals surface area contributed by atoms with Crippen molar-refractivity contribution in [3.8, 4) is 0 Å². The molecule has 0 radical (unpaired) electrons. The van der Waals surface area contributed by atoms with Crippen molar-refractivity contribution in [2.45, 2.75) is 78.2 Å². The van der Waals surface area contributed by atoms with Crippen LogP contribution in [0.25, 0.3) is 0 Å². The zero-order chi connectivity index (χ0) is 16.9. The Balaban J connectivity index is 2.43. The van der Waals surface area contributed by atoms with Crippen molar-refractivity contribution in [3.05, 3.63) is 15.7 Å². The molecule has 0 spiro atoms. The lowest BCUT2D eigenvalue weighted by atomic mass is 9.80. The molecule has 0 saturated heterocycles. The first-order valence-corrected chi connectivity index (χ1v) is 12.4. The minimum Gasteiger partial charge on any atom is -0.406 e. The van der Waals surface area contributed by atoms with Crippen LogP contribution >= 0.6 is 22.6 Å². The van der Waals surface area contributed by atoms with Crippen LogP contribution in [-0.2, 0) is 4.43 Å². The summed E-state index contributed by atoms with van der Waals surface area (Å²) in [6.07, 6.45) is 3.48. The monoisotopic (exact) mass is 434 g/mol. The molecule has 2 heterocycles. The lowest BCUT2D eigenvalue weighted by molar-refractivity contribution is 0.0386. The fraction of sp³-hybridized carbons (Fsp3) is 0.824. The lowest BCUT2D eigenvalue weighted by Gasteiger charge is -2.46. The maximum atomic E-state index is 6.81. The molecule has 1 aromatic rings. The molecule has 1 aliphatic heterocycles. The highest BCUT2D eigenvalue weighted by Gasteiger charge is 2.45. The summed E-state index contributed by atoms with van der Waals surface area (Å²) in [5.74, 6) is 2.26. The molecular weight excluding hydrogens is 403 g/mol. The number of hydrogen-bond donors (Lipinski definition) is 0. The Labute approximate surface area is 150 Å². The van der Waals surface area contributed by atoms with Gasteiger partial charge in [-0.05, 0) is 59.0 Å². The van der Waals surface area contributed by atoms with E-state index in [1.54, 1.807) is 0 Å². The van der Waals surface area contributed by atoms with Crippen molar-refractivity contribution in [3.63, 3.8) is 0 Å². The third-order valence-electron chi connectivity index (χ3n) is 5.90. The fourth-order valence-corrected chi connectivity index (χ4v) is 5.05. The Kier molecular flexibility index (Phi) is 5.20. The molecule has 0 saturated carbocycles. The molecule has 0 N–H and O–H groups in total. The molecule has 126 valence electrons. The highest BCUT2D eigenvalue weighted by atomic mass is 127. The van der Waals surface area contributed by atoms with Crippen molar-refractivity contribution >= 4 is 30.9 Å². The van der Waals surface area contributed by atoms with Crippen molar-refractivity contribution in [1.29, 1.82) is 0 Å². The molecule has 5 heteroatoms. The number of imidazole rings is 1. The van der Waals surface area contributed by atoms with Gasteiger partial charge in [-0.2, -0.15) is 0 Å². The molecule has 0 amide bonds. The Bertz CT molecular complexity index is 535. The van der Waals surface area contributed by atoms with Crippen LogP contribution in [-0.4, -0.2) is 17.9 Å². The summed E-state index contributed by atoms with van der Waals surface area (Å²) in [6.45, 7) is 18.6. The summed E-state index contributed by atoms with van der Waals surface area (Å²) in [4.78, 5) is 4.83. The third-order valence-corrected chi connectivity index (χ3v) is 10.9. The number of fused-ring (bicyclic) bond motifs is 1. The van der Waals surface area contributed by atoms with Crippen molar-refractivity contribution in [2.75, 3.05) is 0 Å². The summed E-state index contributed by atoms with van der Waals surface area (Å²) in [5, 5.41) is 0.224. The maximum Gasteiger partial charge on any atom is 0.193 e. The molecule has 4 atom stereocenters. The molecule has 22 heavy (non-hydrogen) atoms. The van der Waals surface area contributed by atoms with E-state index in [0.717, 1.165) is 15.9 Å². The first-order chi connectivity index (χ1) is 9.99. The topological polar surface area (TPSA) is 27.1 Å². The van der Waals surface area contributed by atoms with E-state index >= 15 is 0 Å². The van der Waals surface area contributed by atoms with E-state index in [0.29, 0.717) is 17.9 Å². The van der Waals surface area contributed by atoms with Crippen LogP contribution in [0.3, 0.4) is 0 Å². The Morgan fingerprint density at radius 1 is 1.27 bits per heavy atom.